The Balaban J connectivity index is 2.61. The maximum absolute atomic E-state index is 13.2. The van der Waals surface area contributed by atoms with Crippen LogP contribution >= 0.6 is 0 Å². The molecule has 0 heterocycles. The highest BCUT2D eigenvalue weighted by Crippen LogP contribution is 2.38. The molecule has 1 aromatic rings. The van der Waals surface area contributed by atoms with Gasteiger partial charge in [-0.2, -0.15) is 4.79 Å². The summed E-state index contributed by atoms with van der Waals surface area (Å²) in [5.74, 6) is -0.765. The third-order valence-electron chi connectivity index (χ3n) is 3.59. The van der Waals surface area contributed by atoms with Crippen molar-refractivity contribution >= 4 is 26.0 Å². The number of hydrogen-bond acceptors (Lipinski definition) is 3. The molecular formula is C12H13FN2O4S2. The van der Waals surface area contributed by atoms with Crippen LogP contribution in [0.4, 0.5) is 4.39 Å². The predicted octanol–water partition coefficient (Wildman–Crippen LogP) is 1.76. The van der Waals surface area contributed by atoms with Gasteiger partial charge in [-0.3, -0.25) is 0 Å². The highest BCUT2D eigenvalue weighted by molar-refractivity contribution is 8.08. The number of hydrogen-bond donors (Lipinski definition) is 1. The van der Waals surface area contributed by atoms with Crippen LogP contribution < -0.4 is 0 Å². The van der Waals surface area contributed by atoms with Gasteiger partial charge in [-0.15, -0.1) is 0 Å². The Labute approximate surface area is 123 Å². The fourth-order valence-electron chi connectivity index (χ4n) is 2.54. The van der Waals surface area contributed by atoms with E-state index in [2.05, 4.69) is 4.79 Å². The number of benzene rings is 1. The molecule has 0 bridgehead atoms. The Hall–Kier alpha value is -1.41. The van der Waals surface area contributed by atoms with Crippen LogP contribution in [0.1, 0.15) is 25.7 Å². The molecule has 0 radical (unpaired) electrons. The van der Waals surface area contributed by atoms with Gasteiger partial charge >= 0.3 is 5.04 Å². The molecule has 0 aliphatic heterocycles. The Bertz CT molecular complexity index is 735. The van der Waals surface area contributed by atoms with E-state index < -0.39 is 41.4 Å². The third-order valence-corrected chi connectivity index (χ3v) is 6.84. The average molecular weight is 332 g/mol. The summed E-state index contributed by atoms with van der Waals surface area (Å²) in [6.45, 7) is 0. The highest BCUT2D eigenvalue weighted by atomic mass is 32.2. The van der Waals surface area contributed by atoms with Gasteiger partial charge in [-0.05, 0) is 31.0 Å². The van der Waals surface area contributed by atoms with Gasteiger partial charge in [0.2, 0.25) is 0 Å². The molecule has 1 N–H and O–H groups in total. The van der Waals surface area contributed by atoms with Crippen molar-refractivity contribution in [2.45, 2.75) is 35.3 Å². The van der Waals surface area contributed by atoms with Crippen LogP contribution in [-0.2, 0) is 20.9 Å². The van der Waals surface area contributed by atoms with Crippen molar-refractivity contribution in [3.05, 3.63) is 35.6 Å². The summed E-state index contributed by atoms with van der Waals surface area (Å²) < 4.78 is 57.8. The van der Waals surface area contributed by atoms with Gasteiger partial charge in [0.05, 0.1) is 4.90 Å². The SMILES string of the molecule is [N-]=[N+]=C(C1(S(=O)O)CCCC1)S(=O)(=O)c1cccc(F)c1. The first-order chi connectivity index (χ1) is 9.84. The number of halogens is 1. The third kappa shape index (κ3) is 2.69. The molecule has 2 rings (SSSR count). The van der Waals surface area contributed by atoms with Crippen LogP contribution in [0.2, 0.25) is 0 Å². The van der Waals surface area contributed by atoms with Gasteiger partial charge in [0, 0.05) is 0 Å². The van der Waals surface area contributed by atoms with Gasteiger partial charge in [-0.25, -0.2) is 17.0 Å². The van der Waals surface area contributed by atoms with E-state index in [1.165, 1.54) is 6.07 Å². The summed E-state index contributed by atoms with van der Waals surface area (Å²) in [6, 6.07) is 4.20. The summed E-state index contributed by atoms with van der Waals surface area (Å²) in [7, 11) is -4.35. The fraction of sp³-hybridized carbons (Fsp3) is 0.417. The number of nitrogens with zero attached hydrogens (tertiary/aromatic N) is 2. The van der Waals surface area contributed by atoms with Crippen LogP contribution in [0.3, 0.4) is 0 Å². The van der Waals surface area contributed by atoms with Crippen molar-refractivity contribution in [3.63, 3.8) is 0 Å². The normalized spacial score (nSPS) is 19.0. The van der Waals surface area contributed by atoms with Crippen LogP contribution in [0.25, 0.3) is 5.53 Å². The minimum atomic E-state index is -4.35. The first-order valence-electron chi connectivity index (χ1n) is 6.19. The number of sulfone groups is 1. The largest absolute Gasteiger partial charge is 0.406 e. The Morgan fingerprint density at radius 2 is 2.00 bits per heavy atom. The highest BCUT2D eigenvalue weighted by Gasteiger charge is 2.57. The molecule has 0 spiro atoms. The lowest BCUT2D eigenvalue weighted by Crippen LogP contribution is -2.45. The maximum Gasteiger partial charge on any atom is 0.406 e. The van der Waals surface area contributed by atoms with Crippen molar-refractivity contribution in [1.82, 2.24) is 0 Å². The minimum Gasteiger partial charge on any atom is -0.360 e. The standard InChI is InChI=1S/C12H13FN2O4S2/c13-9-4-3-5-10(8-9)21(18,19)11(15-14)12(20(16)17)6-1-2-7-12/h3-5,8H,1-2,6-7H2,(H,16,17). The van der Waals surface area contributed by atoms with Crippen LogP contribution in [-0.4, -0.2) is 31.8 Å². The molecular weight excluding hydrogens is 319 g/mol. The zero-order valence-electron chi connectivity index (χ0n) is 10.9. The van der Waals surface area contributed by atoms with E-state index in [4.69, 9.17) is 5.53 Å². The molecule has 1 aliphatic carbocycles. The lowest BCUT2D eigenvalue weighted by Gasteiger charge is -2.19. The molecule has 1 saturated carbocycles. The van der Waals surface area contributed by atoms with Crippen LogP contribution in [0.5, 0.6) is 0 Å². The summed E-state index contributed by atoms with van der Waals surface area (Å²) in [5.41, 5.74) is 9.14. The zero-order valence-corrected chi connectivity index (χ0v) is 12.5. The lowest BCUT2D eigenvalue weighted by molar-refractivity contribution is -0.00616. The second-order valence-corrected chi connectivity index (χ2v) is 7.96. The monoisotopic (exact) mass is 332 g/mol. The van der Waals surface area contributed by atoms with Crippen molar-refractivity contribution in [2.75, 3.05) is 0 Å². The second-order valence-electron chi connectivity index (χ2n) is 4.82. The van der Waals surface area contributed by atoms with Crippen molar-refractivity contribution in [3.8, 4) is 0 Å². The quantitative estimate of drug-likeness (QED) is 0.299. The summed E-state index contributed by atoms with van der Waals surface area (Å²) in [5, 5.41) is -0.779. The van der Waals surface area contributed by atoms with Crippen LogP contribution in [0.15, 0.2) is 29.2 Å². The smallest absolute Gasteiger partial charge is 0.360 e. The maximum atomic E-state index is 13.2. The summed E-state index contributed by atoms with van der Waals surface area (Å²) in [4.78, 5) is 2.38. The average Bonchev–Trinajstić information content (AvgIpc) is 2.90. The Kier molecular flexibility index (Phi) is 4.38. The van der Waals surface area contributed by atoms with Crippen LogP contribution in [0, 0.1) is 5.82 Å². The summed E-state index contributed by atoms with van der Waals surface area (Å²) >= 11 is -2.52. The van der Waals surface area contributed by atoms with E-state index in [-0.39, 0.29) is 12.8 Å². The van der Waals surface area contributed by atoms with E-state index in [9.17, 15) is 21.6 Å². The topological polar surface area (TPSA) is 108 Å². The molecule has 6 nitrogen and oxygen atoms in total. The van der Waals surface area contributed by atoms with E-state index in [1.54, 1.807) is 0 Å². The van der Waals surface area contributed by atoms with Gasteiger partial charge in [0.25, 0.3) is 9.84 Å². The van der Waals surface area contributed by atoms with E-state index in [0.717, 1.165) is 18.2 Å². The molecule has 21 heavy (non-hydrogen) atoms. The molecule has 1 aromatic carbocycles. The van der Waals surface area contributed by atoms with E-state index >= 15 is 0 Å². The zero-order chi connectivity index (χ0) is 15.7. The van der Waals surface area contributed by atoms with Gasteiger partial charge in [0.15, 0.2) is 15.8 Å². The first kappa shape index (κ1) is 16.0. The fourth-order valence-corrected chi connectivity index (χ4v) is 5.47. The molecule has 1 fully saturated rings. The Morgan fingerprint density at radius 1 is 1.38 bits per heavy atom. The lowest BCUT2D eigenvalue weighted by atomic mass is 10.1. The van der Waals surface area contributed by atoms with Gasteiger partial charge in [-0.1, -0.05) is 18.9 Å². The molecule has 0 amide bonds. The second kappa shape index (κ2) is 5.76. The molecule has 114 valence electrons. The first-order valence-corrected chi connectivity index (χ1v) is 8.78. The Morgan fingerprint density at radius 3 is 2.48 bits per heavy atom. The van der Waals surface area contributed by atoms with Crippen molar-refractivity contribution in [1.29, 1.82) is 0 Å². The molecule has 9 heteroatoms. The molecule has 1 atom stereocenters. The minimum absolute atomic E-state index is 0.115. The number of rotatable bonds is 3. The predicted molar refractivity (Wildman–Crippen MR) is 74.2 cm³/mol. The van der Waals surface area contributed by atoms with Crippen molar-refractivity contribution in [2.24, 2.45) is 0 Å². The van der Waals surface area contributed by atoms with Gasteiger partial charge in [0.1, 0.15) is 5.82 Å². The molecule has 0 saturated heterocycles. The summed E-state index contributed by atoms with van der Waals surface area (Å²) in [6.07, 6.45) is 1.32. The van der Waals surface area contributed by atoms with Gasteiger partial charge < -0.3 is 10.1 Å². The molecule has 1 aliphatic rings. The molecule has 1 unspecified atom stereocenters. The van der Waals surface area contributed by atoms with Crippen molar-refractivity contribution < 1.29 is 26.4 Å². The molecule has 0 aromatic heterocycles. The van der Waals surface area contributed by atoms with E-state index in [1.807, 2.05) is 0 Å². The van der Waals surface area contributed by atoms with E-state index in [0.29, 0.717) is 12.8 Å².